The largest absolute Gasteiger partial charge is 0.485 e. The summed E-state index contributed by atoms with van der Waals surface area (Å²) in [6.07, 6.45) is 3.56. The average Bonchev–Trinajstić information content (AvgIpc) is 3.08. The van der Waals surface area contributed by atoms with E-state index in [-0.39, 0.29) is 18.9 Å². The van der Waals surface area contributed by atoms with Gasteiger partial charge in [-0.05, 0) is 60.2 Å². The number of H-pyrrole nitrogens is 1. The Balaban J connectivity index is 1.57. The highest BCUT2D eigenvalue weighted by Gasteiger charge is 2.11. The molecule has 0 aliphatic rings. The van der Waals surface area contributed by atoms with Crippen molar-refractivity contribution in [3.8, 4) is 5.75 Å². The fourth-order valence-corrected chi connectivity index (χ4v) is 2.92. The molecule has 1 amide bonds. The summed E-state index contributed by atoms with van der Waals surface area (Å²) in [7, 11) is 0. The number of nitrogens with one attached hydrogen (secondary N) is 1. The minimum Gasteiger partial charge on any atom is -0.485 e. The van der Waals surface area contributed by atoms with Gasteiger partial charge in [0.25, 0.3) is 0 Å². The lowest BCUT2D eigenvalue weighted by molar-refractivity contribution is -0.119. The number of ether oxygens (including phenoxy) is 1. The maximum atomic E-state index is 12.1. The van der Waals surface area contributed by atoms with Gasteiger partial charge in [0.2, 0.25) is 5.91 Å². The van der Waals surface area contributed by atoms with Crippen LogP contribution in [0.15, 0.2) is 47.6 Å². The van der Waals surface area contributed by atoms with Crippen LogP contribution >= 0.6 is 0 Å². The molecule has 0 saturated carbocycles. The Bertz CT molecular complexity index is 1010. The third-order valence-electron chi connectivity index (χ3n) is 4.21. The van der Waals surface area contributed by atoms with E-state index in [4.69, 9.17) is 10.5 Å². The molecule has 3 aromatic rings. The van der Waals surface area contributed by atoms with Crippen molar-refractivity contribution in [2.45, 2.75) is 13.8 Å². The predicted molar refractivity (Wildman–Crippen MR) is 106 cm³/mol. The highest BCUT2D eigenvalue weighted by atomic mass is 16.5. The lowest BCUT2D eigenvalue weighted by atomic mass is 10.1. The molecule has 6 heteroatoms. The first-order chi connectivity index (χ1) is 12.9. The van der Waals surface area contributed by atoms with Gasteiger partial charge in [0.15, 0.2) is 5.78 Å². The number of hydrogen-bond donors (Lipinski definition) is 2. The zero-order valence-electron chi connectivity index (χ0n) is 15.3. The smallest absolute Gasteiger partial charge is 0.248 e. The highest BCUT2D eigenvalue weighted by Crippen LogP contribution is 2.24. The van der Waals surface area contributed by atoms with Crippen molar-refractivity contribution in [3.05, 3.63) is 64.8 Å². The number of amides is 1. The van der Waals surface area contributed by atoms with Gasteiger partial charge in [-0.15, -0.1) is 0 Å². The van der Waals surface area contributed by atoms with E-state index in [1.54, 1.807) is 18.3 Å². The number of aliphatic imine (C=N–C) groups is 1. The quantitative estimate of drug-likeness (QED) is 0.632. The summed E-state index contributed by atoms with van der Waals surface area (Å²) in [5.74, 6) is -0.0322. The van der Waals surface area contributed by atoms with Gasteiger partial charge in [0, 0.05) is 23.5 Å². The van der Waals surface area contributed by atoms with Crippen molar-refractivity contribution in [2.75, 3.05) is 13.2 Å². The average molecular weight is 363 g/mol. The van der Waals surface area contributed by atoms with Crippen LogP contribution in [0.1, 0.15) is 27.0 Å². The SMILES string of the molecule is Cc1cc(C(N)=O)cc(C)c1OCC(=O)CN=Cc1ccc2cc[nH]c2c1. The fourth-order valence-electron chi connectivity index (χ4n) is 2.92. The minimum absolute atomic E-state index is 0.0419. The van der Waals surface area contributed by atoms with Crippen LogP contribution in [0.25, 0.3) is 10.9 Å². The first-order valence-electron chi connectivity index (χ1n) is 8.56. The van der Waals surface area contributed by atoms with Crippen LogP contribution < -0.4 is 10.5 Å². The molecule has 0 unspecified atom stereocenters. The van der Waals surface area contributed by atoms with Gasteiger partial charge in [-0.3, -0.25) is 14.6 Å². The van der Waals surface area contributed by atoms with Crippen molar-refractivity contribution >= 4 is 28.8 Å². The van der Waals surface area contributed by atoms with E-state index in [0.717, 1.165) is 27.6 Å². The van der Waals surface area contributed by atoms with Crippen LogP contribution in [0.3, 0.4) is 0 Å². The van der Waals surface area contributed by atoms with Crippen molar-refractivity contribution in [2.24, 2.45) is 10.7 Å². The molecule has 0 saturated heterocycles. The molecule has 6 nitrogen and oxygen atoms in total. The summed E-state index contributed by atoms with van der Waals surface area (Å²) < 4.78 is 5.63. The molecule has 0 bridgehead atoms. The number of nitrogens with zero attached hydrogens (tertiary/aromatic N) is 1. The van der Waals surface area contributed by atoms with Crippen LogP contribution in [0.5, 0.6) is 5.75 Å². The van der Waals surface area contributed by atoms with Gasteiger partial charge < -0.3 is 15.5 Å². The number of benzene rings is 2. The standard InChI is InChI=1S/C21H21N3O3/c1-13-7-17(21(22)26)8-14(2)20(13)27-12-18(25)11-23-10-15-3-4-16-5-6-24-19(16)9-15/h3-10,24H,11-12H2,1-2H3,(H2,22,26). The van der Waals surface area contributed by atoms with E-state index in [1.165, 1.54) is 0 Å². The van der Waals surface area contributed by atoms with E-state index < -0.39 is 5.91 Å². The molecule has 138 valence electrons. The summed E-state index contributed by atoms with van der Waals surface area (Å²) in [4.78, 5) is 30.7. The number of nitrogens with two attached hydrogens (primary N) is 1. The summed E-state index contributed by atoms with van der Waals surface area (Å²) >= 11 is 0. The monoisotopic (exact) mass is 363 g/mol. The molecule has 2 aromatic carbocycles. The normalized spacial score (nSPS) is 11.2. The minimum atomic E-state index is -0.490. The second kappa shape index (κ2) is 7.86. The number of fused-ring (bicyclic) bond motifs is 1. The summed E-state index contributed by atoms with van der Waals surface area (Å²) in [6.45, 7) is 3.59. The third kappa shape index (κ3) is 4.41. The molecule has 0 aliphatic heterocycles. The number of rotatable bonds is 7. The van der Waals surface area contributed by atoms with Crippen molar-refractivity contribution in [3.63, 3.8) is 0 Å². The lowest BCUT2D eigenvalue weighted by Gasteiger charge is -2.12. The number of primary amides is 1. The molecule has 0 aliphatic carbocycles. The number of aromatic amines is 1. The lowest BCUT2D eigenvalue weighted by Crippen LogP contribution is -2.16. The van der Waals surface area contributed by atoms with Gasteiger partial charge in [-0.2, -0.15) is 0 Å². The molecular weight excluding hydrogens is 342 g/mol. The Morgan fingerprint density at radius 1 is 1.15 bits per heavy atom. The van der Waals surface area contributed by atoms with Gasteiger partial charge >= 0.3 is 0 Å². The van der Waals surface area contributed by atoms with Gasteiger partial charge in [-0.1, -0.05) is 12.1 Å². The summed E-state index contributed by atoms with van der Waals surface area (Å²) in [5, 5.41) is 1.13. The first kappa shape index (κ1) is 18.4. The predicted octanol–water partition coefficient (Wildman–Crippen LogP) is 2.95. The molecule has 3 rings (SSSR count). The first-order valence-corrected chi connectivity index (χ1v) is 8.56. The highest BCUT2D eigenvalue weighted by molar-refractivity contribution is 5.93. The van der Waals surface area contributed by atoms with Gasteiger partial charge in [0.1, 0.15) is 18.9 Å². The molecule has 0 fully saturated rings. The summed E-state index contributed by atoms with van der Waals surface area (Å²) in [6, 6.07) is 11.2. The van der Waals surface area contributed by atoms with E-state index in [2.05, 4.69) is 9.98 Å². The molecule has 0 spiro atoms. The molecule has 3 N–H and O–H groups in total. The number of carbonyl (C=O) groups excluding carboxylic acids is 2. The zero-order valence-corrected chi connectivity index (χ0v) is 15.3. The molecule has 0 atom stereocenters. The third-order valence-corrected chi connectivity index (χ3v) is 4.21. The van der Waals surface area contributed by atoms with E-state index in [0.29, 0.717) is 11.3 Å². The van der Waals surface area contributed by atoms with E-state index in [1.807, 2.05) is 44.3 Å². The van der Waals surface area contributed by atoms with Crippen LogP contribution in [0.2, 0.25) is 0 Å². The Hall–Kier alpha value is -3.41. The van der Waals surface area contributed by atoms with Crippen molar-refractivity contribution < 1.29 is 14.3 Å². The van der Waals surface area contributed by atoms with E-state index in [9.17, 15) is 9.59 Å². The number of Topliss-reactive ketones (excluding diaryl/α,β-unsaturated/α-hetero) is 1. The second-order valence-corrected chi connectivity index (χ2v) is 6.42. The Labute approximate surface area is 157 Å². The maximum Gasteiger partial charge on any atom is 0.248 e. The van der Waals surface area contributed by atoms with Gasteiger partial charge in [0.05, 0.1) is 0 Å². The van der Waals surface area contributed by atoms with Gasteiger partial charge in [-0.25, -0.2) is 0 Å². The van der Waals surface area contributed by atoms with Crippen molar-refractivity contribution in [1.29, 1.82) is 0 Å². The fraction of sp³-hybridized carbons (Fsp3) is 0.190. The molecule has 1 aromatic heterocycles. The van der Waals surface area contributed by atoms with Crippen LogP contribution in [-0.4, -0.2) is 36.0 Å². The zero-order chi connectivity index (χ0) is 19.4. The molecule has 1 heterocycles. The Kier molecular flexibility index (Phi) is 5.35. The van der Waals surface area contributed by atoms with Crippen molar-refractivity contribution in [1.82, 2.24) is 4.98 Å². The van der Waals surface area contributed by atoms with Crippen LogP contribution in [0.4, 0.5) is 0 Å². The number of aryl methyl sites for hydroxylation is 2. The van der Waals surface area contributed by atoms with Crippen LogP contribution in [0, 0.1) is 13.8 Å². The molecule has 0 radical (unpaired) electrons. The topological polar surface area (TPSA) is 97.5 Å². The number of aromatic nitrogens is 1. The second-order valence-electron chi connectivity index (χ2n) is 6.42. The number of hydrogen-bond acceptors (Lipinski definition) is 4. The molecular formula is C21H21N3O3. The summed E-state index contributed by atoms with van der Waals surface area (Å²) in [5.41, 5.74) is 9.20. The Morgan fingerprint density at radius 2 is 1.89 bits per heavy atom. The maximum absolute atomic E-state index is 12.1. The van der Waals surface area contributed by atoms with Crippen LogP contribution in [-0.2, 0) is 4.79 Å². The van der Waals surface area contributed by atoms with E-state index >= 15 is 0 Å². The number of ketones is 1. The molecule has 27 heavy (non-hydrogen) atoms. The Morgan fingerprint density at radius 3 is 2.59 bits per heavy atom. The number of carbonyl (C=O) groups is 2.